The van der Waals surface area contributed by atoms with Gasteiger partial charge in [0.05, 0.1) is 0 Å². The SMILES string of the molecule is NCC(N)c1ccsc1C(F)(F)F. The zero-order valence-electron chi connectivity index (χ0n) is 6.64. The smallest absolute Gasteiger partial charge is 0.329 e. The third-order valence-electron chi connectivity index (χ3n) is 1.61. The van der Waals surface area contributed by atoms with Crippen molar-refractivity contribution >= 4 is 11.3 Å². The minimum atomic E-state index is -4.32. The van der Waals surface area contributed by atoms with E-state index in [0.717, 1.165) is 0 Å². The Morgan fingerprint density at radius 3 is 2.54 bits per heavy atom. The van der Waals surface area contributed by atoms with Gasteiger partial charge in [-0.3, -0.25) is 0 Å². The molecule has 0 aliphatic carbocycles. The highest BCUT2D eigenvalue weighted by Gasteiger charge is 2.35. The number of hydrogen-bond acceptors (Lipinski definition) is 3. The van der Waals surface area contributed by atoms with E-state index in [1.807, 2.05) is 0 Å². The molecule has 74 valence electrons. The van der Waals surface area contributed by atoms with Gasteiger partial charge in [0.25, 0.3) is 0 Å². The summed E-state index contributed by atoms with van der Waals surface area (Å²) in [6, 6.07) is 0.633. The van der Waals surface area contributed by atoms with E-state index in [4.69, 9.17) is 11.5 Å². The Hall–Kier alpha value is -0.590. The van der Waals surface area contributed by atoms with Crippen molar-refractivity contribution in [3.05, 3.63) is 21.9 Å². The molecule has 1 atom stereocenters. The normalized spacial score (nSPS) is 14.5. The van der Waals surface area contributed by atoms with Crippen molar-refractivity contribution in [3.63, 3.8) is 0 Å². The van der Waals surface area contributed by atoms with Crippen LogP contribution in [0.2, 0.25) is 0 Å². The van der Waals surface area contributed by atoms with Crippen LogP contribution in [0, 0.1) is 0 Å². The Labute approximate surface area is 77.3 Å². The van der Waals surface area contributed by atoms with Crippen LogP contribution in [0.1, 0.15) is 16.5 Å². The van der Waals surface area contributed by atoms with Crippen LogP contribution in [0.3, 0.4) is 0 Å². The molecule has 1 aromatic heterocycles. The van der Waals surface area contributed by atoms with Crippen molar-refractivity contribution in [1.82, 2.24) is 0 Å². The number of alkyl halides is 3. The van der Waals surface area contributed by atoms with E-state index < -0.39 is 17.1 Å². The predicted molar refractivity (Wildman–Crippen MR) is 45.3 cm³/mol. The van der Waals surface area contributed by atoms with Crippen LogP contribution in [0.15, 0.2) is 11.4 Å². The summed E-state index contributed by atoms with van der Waals surface area (Å²) in [5, 5.41) is 1.37. The molecular formula is C7H9F3N2S. The van der Waals surface area contributed by atoms with Gasteiger partial charge in [0.15, 0.2) is 0 Å². The molecule has 13 heavy (non-hydrogen) atoms. The standard InChI is InChI=1S/C7H9F3N2S/c8-7(9,10)6-4(1-2-13-6)5(12)3-11/h1-2,5H,3,11-12H2. The molecule has 0 saturated heterocycles. The van der Waals surface area contributed by atoms with Crippen molar-refractivity contribution in [3.8, 4) is 0 Å². The first kappa shape index (κ1) is 10.5. The first-order valence-corrected chi connectivity index (χ1v) is 4.45. The van der Waals surface area contributed by atoms with Gasteiger partial charge in [-0.1, -0.05) is 0 Å². The van der Waals surface area contributed by atoms with E-state index in [-0.39, 0.29) is 12.1 Å². The average Bonchev–Trinajstić information content (AvgIpc) is 2.49. The van der Waals surface area contributed by atoms with Crippen LogP contribution in [0.25, 0.3) is 0 Å². The Morgan fingerprint density at radius 2 is 2.08 bits per heavy atom. The van der Waals surface area contributed by atoms with Crippen LogP contribution in [0.4, 0.5) is 13.2 Å². The molecule has 1 unspecified atom stereocenters. The molecule has 0 fully saturated rings. The molecule has 0 radical (unpaired) electrons. The van der Waals surface area contributed by atoms with Crippen molar-refractivity contribution in [2.24, 2.45) is 11.5 Å². The van der Waals surface area contributed by atoms with Gasteiger partial charge in [0.1, 0.15) is 4.88 Å². The Bertz CT molecular complexity index is 282. The molecular weight excluding hydrogens is 201 g/mol. The van der Waals surface area contributed by atoms with Gasteiger partial charge >= 0.3 is 6.18 Å². The fourth-order valence-corrected chi connectivity index (χ4v) is 1.81. The van der Waals surface area contributed by atoms with Crippen LogP contribution in [-0.2, 0) is 6.18 Å². The molecule has 4 N–H and O–H groups in total. The third kappa shape index (κ3) is 2.20. The molecule has 0 bridgehead atoms. The van der Waals surface area contributed by atoms with Gasteiger partial charge in [-0.05, 0) is 17.0 Å². The zero-order chi connectivity index (χ0) is 10.1. The lowest BCUT2D eigenvalue weighted by Gasteiger charge is -2.11. The lowest BCUT2D eigenvalue weighted by atomic mass is 10.1. The van der Waals surface area contributed by atoms with Crippen LogP contribution >= 0.6 is 11.3 Å². The molecule has 0 amide bonds. The van der Waals surface area contributed by atoms with Crippen molar-refractivity contribution in [1.29, 1.82) is 0 Å². The number of rotatable bonds is 2. The quantitative estimate of drug-likeness (QED) is 0.781. The summed E-state index contributed by atoms with van der Waals surface area (Å²) in [6.07, 6.45) is -4.32. The molecule has 0 aliphatic rings. The molecule has 0 aromatic carbocycles. The van der Waals surface area contributed by atoms with Gasteiger partial charge in [-0.15, -0.1) is 11.3 Å². The average molecular weight is 210 g/mol. The van der Waals surface area contributed by atoms with Gasteiger partial charge in [0.2, 0.25) is 0 Å². The predicted octanol–water partition coefficient (Wildman–Crippen LogP) is 1.73. The second-order valence-corrected chi connectivity index (χ2v) is 3.46. The fraction of sp³-hybridized carbons (Fsp3) is 0.429. The summed E-state index contributed by atoms with van der Waals surface area (Å²) in [7, 11) is 0. The number of hydrogen-bond donors (Lipinski definition) is 2. The first-order chi connectivity index (χ1) is 5.96. The zero-order valence-corrected chi connectivity index (χ0v) is 7.45. The van der Waals surface area contributed by atoms with E-state index in [0.29, 0.717) is 11.3 Å². The van der Waals surface area contributed by atoms with Crippen molar-refractivity contribution in [2.45, 2.75) is 12.2 Å². The lowest BCUT2D eigenvalue weighted by Crippen LogP contribution is -2.22. The van der Waals surface area contributed by atoms with Gasteiger partial charge < -0.3 is 11.5 Å². The van der Waals surface area contributed by atoms with E-state index in [1.54, 1.807) is 0 Å². The summed E-state index contributed by atoms with van der Waals surface area (Å²) < 4.78 is 36.9. The molecule has 1 heterocycles. The van der Waals surface area contributed by atoms with Crippen LogP contribution in [0.5, 0.6) is 0 Å². The number of halogens is 3. The largest absolute Gasteiger partial charge is 0.425 e. The number of thiophene rings is 1. The maximum absolute atomic E-state index is 12.3. The molecule has 1 rings (SSSR count). The highest BCUT2D eigenvalue weighted by Crippen LogP contribution is 2.37. The molecule has 0 aliphatic heterocycles. The van der Waals surface area contributed by atoms with E-state index >= 15 is 0 Å². The summed E-state index contributed by atoms with van der Waals surface area (Å²) >= 11 is 0.640. The van der Waals surface area contributed by atoms with Gasteiger partial charge in [-0.25, -0.2) is 0 Å². The first-order valence-electron chi connectivity index (χ1n) is 3.57. The van der Waals surface area contributed by atoms with Gasteiger partial charge in [-0.2, -0.15) is 13.2 Å². The monoisotopic (exact) mass is 210 g/mol. The highest BCUT2D eigenvalue weighted by atomic mass is 32.1. The maximum Gasteiger partial charge on any atom is 0.425 e. The van der Waals surface area contributed by atoms with Crippen molar-refractivity contribution < 1.29 is 13.2 Å². The summed E-state index contributed by atoms with van der Waals surface area (Å²) in [5.74, 6) is 0. The molecule has 2 nitrogen and oxygen atoms in total. The van der Waals surface area contributed by atoms with Crippen LogP contribution < -0.4 is 11.5 Å². The maximum atomic E-state index is 12.3. The van der Waals surface area contributed by atoms with Gasteiger partial charge in [0, 0.05) is 12.6 Å². The van der Waals surface area contributed by atoms with E-state index in [2.05, 4.69) is 0 Å². The molecule has 6 heteroatoms. The third-order valence-corrected chi connectivity index (χ3v) is 2.58. The Kier molecular flexibility index (Phi) is 2.94. The van der Waals surface area contributed by atoms with Crippen LogP contribution in [-0.4, -0.2) is 6.54 Å². The van der Waals surface area contributed by atoms with E-state index in [1.165, 1.54) is 11.4 Å². The minimum Gasteiger partial charge on any atom is -0.329 e. The second kappa shape index (κ2) is 3.65. The minimum absolute atomic E-state index is 0.0137. The summed E-state index contributed by atoms with van der Waals surface area (Å²) in [5.41, 5.74) is 10.7. The van der Waals surface area contributed by atoms with E-state index in [9.17, 15) is 13.2 Å². The number of nitrogens with two attached hydrogens (primary N) is 2. The summed E-state index contributed by atoms with van der Waals surface area (Å²) in [6.45, 7) is 0.0137. The Morgan fingerprint density at radius 1 is 1.46 bits per heavy atom. The fourth-order valence-electron chi connectivity index (χ4n) is 0.969. The molecule has 1 aromatic rings. The topological polar surface area (TPSA) is 52.0 Å². The Balaban J connectivity index is 3.03. The second-order valence-electron chi connectivity index (χ2n) is 2.55. The lowest BCUT2D eigenvalue weighted by molar-refractivity contribution is -0.135. The molecule has 0 spiro atoms. The molecule has 0 saturated carbocycles. The summed E-state index contributed by atoms with van der Waals surface area (Å²) in [4.78, 5) is -0.648. The van der Waals surface area contributed by atoms with Crippen molar-refractivity contribution in [2.75, 3.05) is 6.54 Å². The highest BCUT2D eigenvalue weighted by molar-refractivity contribution is 7.10.